The van der Waals surface area contributed by atoms with Gasteiger partial charge in [0.2, 0.25) is 5.91 Å². The van der Waals surface area contributed by atoms with Gasteiger partial charge in [-0.25, -0.2) is 4.79 Å². The van der Waals surface area contributed by atoms with Crippen molar-refractivity contribution in [2.75, 3.05) is 6.54 Å². The lowest BCUT2D eigenvalue weighted by molar-refractivity contribution is -0.122. The zero-order valence-electron chi connectivity index (χ0n) is 24.2. The molecule has 0 radical (unpaired) electrons. The third-order valence-corrected chi connectivity index (χ3v) is 7.71. The highest BCUT2D eigenvalue weighted by Crippen LogP contribution is 2.43. The molecule has 1 aliphatic heterocycles. The molecule has 10 heteroatoms. The van der Waals surface area contributed by atoms with Crippen LogP contribution in [0.3, 0.4) is 0 Å². The molecule has 1 aliphatic rings. The van der Waals surface area contributed by atoms with E-state index in [4.69, 9.17) is 4.74 Å². The number of ether oxygens (including phenoxy) is 1. The summed E-state index contributed by atoms with van der Waals surface area (Å²) in [5.74, 6) is -1.04. The molecule has 5 aromatic rings. The van der Waals surface area contributed by atoms with Gasteiger partial charge in [-0.1, -0.05) is 30.3 Å². The Kier molecular flexibility index (Phi) is 6.44. The number of nitrogens with zero attached hydrogens (tertiary/aromatic N) is 1. The fourth-order valence-electron chi connectivity index (χ4n) is 5.90. The van der Waals surface area contributed by atoms with E-state index in [-0.39, 0.29) is 17.7 Å². The van der Waals surface area contributed by atoms with Gasteiger partial charge in [-0.15, -0.1) is 0 Å². The number of rotatable bonds is 6. The lowest BCUT2D eigenvalue weighted by Crippen LogP contribution is -2.46. The lowest BCUT2D eigenvalue weighted by Gasteiger charge is -2.21. The van der Waals surface area contributed by atoms with Gasteiger partial charge in [-0.05, 0) is 58.2 Å². The van der Waals surface area contributed by atoms with Crippen molar-refractivity contribution < 1.29 is 23.9 Å². The number of carbonyl (C=O) groups excluding carboxylic acids is 4. The average molecular weight is 568 g/mol. The molecular formula is C32H33N5O5. The van der Waals surface area contributed by atoms with Crippen molar-refractivity contribution in [3.05, 3.63) is 59.2 Å². The van der Waals surface area contributed by atoms with E-state index in [1.165, 1.54) is 0 Å². The van der Waals surface area contributed by atoms with Crippen LogP contribution in [0.2, 0.25) is 0 Å². The Labute approximate surface area is 241 Å². The van der Waals surface area contributed by atoms with Gasteiger partial charge in [0, 0.05) is 46.2 Å². The summed E-state index contributed by atoms with van der Waals surface area (Å²) in [5.41, 5.74) is 4.82. The van der Waals surface area contributed by atoms with Crippen molar-refractivity contribution in [3.63, 3.8) is 0 Å². The second-order valence-electron chi connectivity index (χ2n) is 11.9. The molecular weight excluding hydrogens is 534 g/mol. The molecule has 0 bridgehead atoms. The lowest BCUT2D eigenvalue weighted by atomic mass is 9.96. The van der Waals surface area contributed by atoms with Gasteiger partial charge in [-0.2, -0.15) is 0 Å². The molecule has 216 valence electrons. The first-order valence-electron chi connectivity index (χ1n) is 14.0. The van der Waals surface area contributed by atoms with E-state index in [1.54, 1.807) is 27.7 Å². The Morgan fingerprint density at radius 2 is 1.71 bits per heavy atom. The summed E-state index contributed by atoms with van der Waals surface area (Å²) in [6, 6.07) is 13.2. The zero-order chi connectivity index (χ0) is 29.9. The Hall–Kier alpha value is -4.86. The highest BCUT2D eigenvalue weighted by atomic mass is 16.6. The van der Waals surface area contributed by atoms with Gasteiger partial charge in [0.25, 0.3) is 11.8 Å². The Bertz CT molecular complexity index is 1960. The Balaban J connectivity index is 1.27. The summed E-state index contributed by atoms with van der Waals surface area (Å²) in [6.45, 7) is 7.35. The smallest absolute Gasteiger partial charge is 0.408 e. The topological polar surface area (TPSA) is 134 Å². The van der Waals surface area contributed by atoms with Crippen LogP contribution < -0.4 is 16.0 Å². The Morgan fingerprint density at radius 1 is 1.00 bits per heavy atom. The van der Waals surface area contributed by atoms with Gasteiger partial charge in [-0.3, -0.25) is 19.7 Å². The van der Waals surface area contributed by atoms with Crippen LogP contribution in [0.25, 0.3) is 43.6 Å². The van der Waals surface area contributed by atoms with Gasteiger partial charge >= 0.3 is 6.09 Å². The molecule has 1 atom stereocenters. The molecule has 2 aromatic heterocycles. The molecule has 0 spiro atoms. The maximum absolute atomic E-state index is 13.1. The van der Waals surface area contributed by atoms with E-state index < -0.39 is 17.7 Å². The van der Waals surface area contributed by atoms with Crippen molar-refractivity contribution >= 4 is 67.4 Å². The molecule has 3 heterocycles. The molecule has 4 N–H and O–H groups in total. The summed E-state index contributed by atoms with van der Waals surface area (Å²) >= 11 is 0. The second-order valence-corrected chi connectivity index (χ2v) is 11.9. The molecule has 6 rings (SSSR count). The van der Waals surface area contributed by atoms with Crippen LogP contribution in [-0.2, 0) is 23.0 Å². The minimum Gasteiger partial charge on any atom is -0.444 e. The molecule has 0 saturated heterocycles. The number of aromatic nitrogens is 2. The van der Waals surface area contributed by atoms with E-state index >= 15 is 0 Å². The summed E-state index contributed by atoms with van der Waals surface area (Å²) in [4.78, 5) is 54.0. The number of benzene rings is 3. The summed E-state index contributed by atoms with van der Waals surface area (Å²) < 4.78 is 7.29. The zero-order valence-corrected chi connectivity index (χ0v) is 24.2. The third-order valence-electron chi connectivity index (χ3n) is 7.71. The van der Waals surface area contributed by atoms with Crippen molar-refractivity contribution in [1.82, 2.24) is 25.5 Å². The highest BCUT2D eigenvalue weighted by molar-refractivity contribution is 6.39. The number of alkyl carbamates (subject to hydrolysis) is 1. The van der Waals surface area contributed by atoms with E-state index in [9.17, 15) is 19.2 Å². The van der Waals surface area contributed by atoms with Crippen molar-refractivity contribution in [3.8, 4) is 0 Å². The summed E-state index contributed by atoms with van der Waals surface area (Å²) in [5, 5.41) is 11.2. The number of carbonyl (C=O) groups is 4. The van der Waals surface area contributed by atoms with Gasteiger partial charge in [0.15, 0.2) is 0 Å². The van der Waals surface area contributed by atoms with E-state index in [1.807, 2.05) is 43.4 Å². The molecule has 4 amide bonds. The number of amides is 4. The second kappa shape index (κ2) is 9.90. The standard InChI is InChI=1S/C32H33N5O5/c1-16(34-31(41)42-32(2,3)4)28(38)33-14-8-9-17-12-13-19-21(15-17)37(5)27-23(19)25-24(29(39)36-30(25)40)22-18-10-6-7-11-20(18)35-26(22)27/h6-7,10-13,15-16,35H,8-9,14H2,1-5H3,(H,33,38)(H,34,41)(H,36,39,40)/t16-/m0/s1. The predicted molar refractivity (Wildman–Crippen MR) is 162 cm³/mol. The number of hydrogen-bond acceptors (Lipinski definition) is 5. The fraction of sp³-hybridized carbons (Fsp3) is 0.312. The van der Waals surface area contributed by atoms with Crippen LogP contribution in [0, 0.1) is 0 Å². The van der Waals surface area contributed by atoms with Gasteiger partial charge in [0.1, 0.15) is 11.6 Å². The number of fused-ring (bicyclic) bond motifs is 10. The van der Waals surface area contributed by atoms with Gasteiger partial charge < -0.3 is 24.9 Å². The number of H-pyrrole nitrogens is 1. The van der Waals surface area contributed by atoms with Crippen LogP contribution in [-0.4, -0.2) is 51.6 Å². The van der Waals surface area contributed by atoms with E-state index in [0.29, 0.717) is 30.5 Å². The predicted octanol–water partition coefficient (Wildman–Crippen LogP) is 4.81. The monoisotopic (exact) mass is 567 g/mol. The van der Waals surface area contributed by atoms with Crippen molar-refractivity contribution in [2.24, 2.45) is 7.05 Å². The average Bonchev–Trinajstić information content (AvgIpc) is 3.54. The fourth-order valence-corrected chi connectivity index (χ4v) is 5.90. The molecule has 0 fully saturated rings. The number of hydrogen-bond donors (Lipinski definition) is 4. The van der Waals surface area contributed by atoms with Crippen molar-refractivity contribution in [1.29, 1.82) is 0 Å². The van der Waals surface area contributed by atoms with Crippen LogP contribution in [0.5, 0.6) is 0 Å². The van der Waals surface area contributed by atoms with Crippen LogP contribution in [0.4, 0.5) is 4.79 Å². The van der Waals surface area contributed by atoms with E-state index in [2.05, 4.69) is 31.6 Å². The quantitative estimate of drug-likeness (QED) is 0.173. The largest absolute Gasteiger partial charge is 0.444 e. The van der Waals surface area contributed by atoms with E-state index in [0.717, 1.165) is 49.2 Å². The number of aryl methyl sites for hydroxylation is 2. The first-order valence-corrected chi connectivity index (χ1v) is 14.0. The maximum atomic E-state index is 13.1. The molecule has 0 unspecified atom stereocenters. The first-order chi connectivity index (χ1) is 19.9. The normalized spacial score (nSPS) is 14.0. The molecule has 0 aliphatic carbocycles. The number of aromatic amines is 1. The number of nitrogens with one attached hydrogen (secondary N) is 4. The SMILES string of the molecule is C[C@H](NC(=O)OC(C)(C)C)C(=O)NCCCc1ccc2c3c4c(c5c6ccccc6[nH]c5c3n(C)c2c1)C(=O)NC4=O. The summed E-state index contributed by atoms with van der Waals surface area (Å²) in [7, 11) is 1.97. The number of para-hydroxylation sites is 1. The molecule has 42 heavy (non-hydrogen) atoms. The highest BCUT2D eigenvalue weighted by Gasteiger charge is 2.35. The molecule has 0 saturated carbocycles. The van der Waals surface area contributed by atoms with Crippen molar-refractivity contribution in [2.45, 2.75) is 52.2 Å². The minimum absolute atomic E-state index is 0.283. The van der Waals surface area contributed by atoms with Crippen LogP contribution >= 0.6 is 0 Å². The molecule has 3 aromatic carbocycles. The minimum atomic E-state index is -0.723. The maximum Gasteiger partial charge on any atom is 0.408 e. The Morgan fingerprint density at radius 3 is 2.45 bits per heavy atom. The third kappa shape index (κ3) is 4.52. The number of imide groups is 1. The molecule has 10 nitrogen and oxygen atoms in total. The summed E-state index contributed by atoms with van der Waals surface area (Å²) in [6.07, 6.45) is 0.772. The van der Waals surface area contributed by atoms with Crippen LogP contribution in [0.15, 0.2) is 42.5 Å². The van der Waals surface area contributed by atoms with Crippen LogP contribution in [0.1, 0.15) is 60.4 Å². The first kappa shape index (κ1) is 27.3. The van der Waals surface area contributed by atoms with Gasteiger partial charge in [0.05, 0.1) is 22.2 Å².